The largest absolute Gasteiger partial charge is 0.341 e. The number of aromatic nitrogens is 1. The molecule has 1 aliphatic heterocycles. The average Bonchev–Trinajstić information content (AvgIpc) is 2.86. The van der Waals surface area contributed by atoms with E-state index in [1.807, 2.05) is 0 Å². The minimum atomic E-state index is -3.61. The fourth-order valence-electron chi connectivity index (χ4n) is 2.51. The molecular weight excluding hydrogens is 354 g/mol. The lowest BCUT2D eigenvalue weighted by Crippen LogP contribution is -2.45. The molecule has 2 heterocycles. The van der Waals surface area contributed by atoms with E-state index in [2.05, 4.69) is 4.98 Å². The van der Waals surface area contributed by atoms with Crippen molar-refractivity contribution in [2.24, 2.45) is 0 Å². The maximum absolute atomic E-state index is 12.4. The van der Waals surface area contributed by atoms with Crippen LogP contribution in [0.4, 0.5) is 0 Å². The molecule has 1 aliphatic rings. The number of carbonyl (C=O) groups is 1. The van der Waals surface area contributed by atoms with Gasteiger partial charge in [-0.2, -0.15) is 4.31 Å². The van der Waals surface area contributed by atoms with Gasteiger partial charge in [0, 0.05) is 19.3 Å². The summed E-state index contributed by atoms with van der Waals surface area (Å²) in [5, 5.41) is 0. The molecule has 0 bridgehead atoms. The Balaban J connectivity index is 2.07. The van der Waals surface area contributed by atoms with Crippen molar-refractivity contribution in [1.29, 1.82) is 0 Å². The molecule has 1 saturated heterocycles. The van der Waals surface area contributed by atoms with Gasteiger partial charge in [-0.3, -0.25) is 9.78 Å². The van der Waals surface area contributed by atoms with E-state index in [-0.39, 0.29) is 24.6 Å². The summed E-state index contributed by atoms with van der Waals surface area (Å²) in [5.74, 6) is -0.452. The number of likely N-dealkylation sites (N-methyl/N-ethyl adjacent to an activating group) is 1. The Bertz CT molecular complexity index is 793. The first-order chi connectivity index (χ1) is 11.1. The van der Waals surface area contributed by atoms with Gasteiger partial charge in [0.2, 0.25) is 15.9 Å². The van der Waals surface area contributed by atoms with E-state index in [1.165, 1.54) is 11.9 Å². The summed E-state index contributed by atoms with van der Waals surface area (Å²) >= 11 is 0. The van der Waals surface area contributed by atoms with Gasteiger partial charge in [0.1, 0.15) is 0 Å². The molecule has 1 aromatic rings. The normalized spacial score (nSPS) is 20.2. The molecule has 24 heavy (non-hydrogen) atoms. The summed E-state index contributed by atoms with van der Waals surface area (Å²) in [4.78, 5) is 17.8. The van der Waals surface area contributed by atoms with Gasteiger partial charge in [0.25, 0.3) is 0 Å². The van der Waals surface area contributed by atoms with Gasteiger partial charge in [0.15, 0.2) is 9.84 Å². The summed E-state index contributed by atoms with van der Waals surface area (Å²) in [7, 11) is -5.22. The molecule has 1 unspecified atom stereocenters. The molecule has 2 rings (SSSR count). The molecule has 1 atom stereocenters. The SMILES string of the molecule is CN(C(=O)CN(Cc1ccccn1)S(C)(=O)=O)C1CCS(=O)(=O)C1. The number of carbonyl (C=O) groups excluding carboxylic acids is 1. The Morgan fingerprint density at radius 3 is 2.58 bits per heavy atom. The lowest BCUT2D eigenvalue weighted by atomic mass is 10.2. The van der Waals surface area contributed by atoms with Crippen molar-refractivity contribution in [2.45, 2.75) is 19.0 Å². The van der Waals surface area contributed by atoms with Crippen molar-refractivity contribution in [3.05, 3.63) is 30.1 Å². The summed E-state index contributed by atoms with van der Waals surface area (Å²) in [6.07, 6.45) is 2.96. The first-order valence-corrected chi connectivity index (χ1v) is 11.1. The highest BCUT2D eigenvalue weighted by Crippen LogP contribution is 2.17. The predicted octanol–water partition coefficient (Wildman–Crippen LogP) is -0.511. The van der Waals surface area contributed by atoms with Crippen LogP contribution < -0.4 is 0 Å². The Morgan fingerprint density at radius 2 is 2.08 bits per heavy atom. The number of hydrogen-bond donors (Lipinski definition) is 0. The number of sulfone groups is 1. The molecule has 0 aliphatic carbocycles. The van der Waals surface area contributed by atoms with E-state index in [9.17, 15) is 21.6 Å². The van der Waals surface area contributed by atoms with Crippen LogP contribution in [0.25, 0.3) is 0 Å². The summed E-state index contributed by atoms with van der Waals surface area (Å²) < 4.78 is 48.0. The van der Waals surface area contributed by atoms with Crippen LogP contribution in [0.15, 0.2) is 24.4 Å². The standard InChI is InChI=1S/C14H21N3O5S2/c1-16(13-6-8-24(21,22)11-13)14(18)10-17(23(2,19)20)9-12-5-3-4-7-15-12/h3-5,7,13H,6,8-11H2,1-2H3. The maximum Gasteiger partial charge on any atom is 0.237 e. The van der Waals surface area contributed by atoms with Crippen LogP contribution in [0.1, 0.15) is 12.1 Å². The molecule has 0 N–H and O–H groups in total. The smallest absolute Gasteiger partial charge is 0.237 e. The second-order valence-electron chi connectivity index (χ2n) is 5.91. The van der Waals surface area contributed by atoms with E-state index < -0.39 is 31.8 Å². The molecule has 134 valence electrons. The first kappa shape index (κ1) is 18.8. The fourth-order valence-corrected chi connectivity index (χ4v) is 5.00. The predicted molar refractivity (Wildman–Crippen MR) is 89.3 cm³/mol. The zero-order chi connectivity index (χ0) is 18.0. The molecule has 1 amide bonds. The Morgan fingerprint density at radius 1 is 1.38 bits per heavy atom. The third-order valence-corrected chi connectivity index (χ3v) is 6.94. The molecule has 0 saturated carbocycles. The fraction of sp³-hybridized carbons (Fsp3) is 0.571. The van der Waals surface area contributed by atoms with E-state index in [0.717, 1.165) is 10.6 Å². The number of hydrogen-bond acceptors (Lipinski definition) is 6. The average molecular weight is 375 g/mol. The van der Waals surface area contributed by atoms with Gasteiger partial charge in [-0.1, -0.05) is 6.07 Å². The van der Waals surface area contributed by atoms with Gasteiger partial charge in [-0.25, -0.2) is 16.8 Å². The van der Waals surface area contributed by atoms with Crippen molar-refractivity contribution in [3.63, 3.8) is 0 Å². The summed E-state index contributed by atoms with van der Waals surface area (Å²) in [6.45, 7) is -0.356. The monoisotopic (exact) mass is 375 g/mol. The van der Waals surface area contributed by atoms with Crippen LogP contribution >= 0.6 is 0 Å². The number of rotatable bonds is 6. The van der Waals surface area contributed by atoms with Crippen LogP contribution in [-0.4, -0.2) is 74.3 Å². The molecule has 10 heteroatoms. The third-order valence-electron chi connectivity index (χ3n) is 3.99. The van der Waals surface area contributed by atoms with Gasteiger partial charge in [-0.15, -0.1) is 0 Å². The molecular formula is C14H21N3O5S2. The van der Waals surface area contributed by atoms with Gasteiger partial charge < -0.3 is 4.90 Å². The Hall–Kier alpha value is -1.52. The number of pyridine rings is 1. The number of amides is 1. The second kappa shape index (κ2) is 7.16. The summed E-state index contributed by atoms with van der Waals surface area (Å²) in [5.41, 5.74) is 0.529. The molecule has 0 aromatic carbocycles. The maximum atomic E-state index is 12.4. The quantitative estimate of drug-likeness (QED) is 0.663. The van der Waals surface area contributed by atoms with E-state index >= 15 is 0 Å². The van der Waals surface area contributed by atoms with Crippen molar-refractivity contribution < 1.29 is 21.6 Å². The minimum Gasteiger partial charge on any atom is -0.341 e. The molecule has 8 nitrogen and oxygen atoms in total. The molecule has 1 aromatic heterocycles. The van der Waals surface area contributed by atoms with Crippen LogP contribution in [-0.2, 0) is 31.2 Å². The van der Waals surface area contributed by atoms with Crippen molar-refractivity contribution in [2.75, 3.05) is 31.4 Å². The van der Waals surface area contributed by atoms with Gasteiger partial charge in [-0.05, 0) is 18.6 Å². The Labute approximate surface area is 142 Å². The topological polar surface area (TPSA) is 105 Å². The number of sulfonamides is 1. The lowest BCUT2D eigenvalue weighted by molar-refractivity contribution is -0.131. The van der Waals surface area contributed by atoms with Crippen molar-refractivity contribution >= 4 is 25.8 Å². The van der Waals surface area contributed by atoms with Crippen LogP contribution in [0, 0.1) is 0 Å². The highest BCUT2D eigenvalue weighted by molar-refractivity contribution is 7.91. The highest BCUT2D eigenvalue weighted by atomic mass is 32.2. The summed E-state index contributed by atoms with van der Waals surface area (Å²) in [6, 6.07) is 4.72. The highest BCUT2D eigenvalue weighted by Gasteiger charge is 2.34. The molecule has 1 fully saturated rings. The zero-order valence-electron chi connectivity index (χ0n) is 13.6. The third kappa shape index (κ3) is 4.99. The van der Waals surface area contributed by atoms with E-state index in [1.54, 1.807) is 24.4 Å². The first-order valence-electron chi connectivity index (χ1n) is 7.39. The van der Waals surface area contributed by atoms with Crippen LogP contribution in [0.3, 0.4) is 0 Å². The van der Waals surface area contributed by atoms with Gasteiger partial charge >= 0.3 is 0 Å². The van der Waals surface area contributed by atoms with Crippen LogP contribution in [0.5, 0.6) is 0 Å². The zero-order valence-corrected chi connectivity index (χ0v) is 15.3. The number of nitrogens with zero attached hydrogens (tertiary/aromatic N) is 3. The Kier molecular flexibility index (Phi) is 5.61. The van der Waals surface area contributed by atoms with Crippen molar-refractivity contribution in [1.82, 2.24) is 14.2 Å². The van der Waals surface area contributed by atoms with Crippen molar-refractivity contribution in [3.8, 4) is 0 Å². The van der Waals surface area contributed by atoms with Gasteiger partial charge in [0.05, 0.1) is 36.5 Å². The molecule has 0 radical (unpaired) electrons. The molecule has 0 spiro atoms. The minimum absolute atomic E-state index is 0.0117. The van der Waals surface area contributed by atoms with E-state index in [4.69, 9.17) is 0 Å². The van der Waals surface area contributed by atoms with Crippen LogP contribution in [0.2, 0.25) is 0 Å². The van der Waals surface area contributed by atoms with E-state index in [0.29, 0.717) is 12.1 Å². The second-order valence-corrected chi connectivity index (χ2v) is 10.1. The lowest BCUT2D eigenvalue weighted by Gasteiger charge is -2.26.